The number of hydrogen-bond donors (Lipinski definition) is 1. The summed E-state index contributed by atoms with van der Waals surface area (Å²) in [6.07, 6.45) is 0. The first kappa shape index (κ1) is 23.5. The second kappa shape index (κ2) is 9.39. The Bertz CT molecular complexity index is 954. The van der Waals surface area contributed by atoms with Crippen molar-refractivity contribution < 1.29 is 23.9 Å². The molecule has 0 saturated carbocycles. The number of esters is 2. The molecule has 0 atom stereocenters. The van der Waals surface area contributed by atoms with Gasteiger partial charge in [0, 0.05) is 11.1 Å². The molecular formula is C24H31NO5. The van der Waals surface area contributed by atoms with Gasteiger partial charge >= 0.3 is 11.9 Å². The molecule has 0 amide bonds. The number of hydrogen-bond acceptors (Lipinski definition) is 6. The number of carbonyl (C=O) groups is 3. The summed E-state index contributed by atoms with van der Waals surface area (Å²) < 4.78 is 10.9. The van der Waals surface area contributed by atoms with Crippen molar-refractivity contribution >= 4 is 28.5 Å². The predicted octanol–water partition coefficient (Wildman–Crippen LogP) is 4.53. The summed E-state index contributed by atoms with van der Waals surface area (Å²) in [7, 11) is 0. The summed E-state index contributed by atoms with van der Waals surface area (Å²) in [5.41, 5.74) is 0.382. The molecule has 0 aliphatic carbocycles. The Morgan fingerprint density at radius 1 is 0.833 bits per heavy atom. The molecule has 0 fully saturated rings. The first-order valence-corrected chi connectivity index (χ1v) is 10.2. The zero-order valence-electron chi connectivity index (χ0n) is 18.8. The van der Waals surface area contributed by atoms with Gasteiger partial charge in [-0.3, -0.25) is 14.4 Å². The fourth-order valence-corrected chi connectivity index (χ4v) is 2.49. The molecule has 2 aromatic rings. The van der Waals surface area contributed by atoms with Crippen molar-refractivity contribution in [2.75, 3.05) is 6.54 Å². The van der Waals surface area contributed by atoms with E-state index < -0.39 is 11.9 Å². The van der Waals surface area contributed by atoms with E-state index in [2.05, 4.69) is 5.32 Å². The lowest BCUT2D eigenvalue weighted by Gasteiger charge is -2.20. The minimum absolute atomic E-state index is 0.0390. The van der Waals surface area contributed by atoms with Crippen molar-refractivity contribution in [3.8, 4) is 11.5 Å². The average Bonchev–Trinajstić information content (AvgIpc) is 2.65. The number of ketones is 1. The fourth-order valence-electron chi connectivity index (χ4n) is 2.49. The molecule has 0 unspecified atom stereocenters. The van der Waals surface area contributed by atoms with E-state index in [0.29, 0.717) is 10.9 Å². The predicted molar refractivity (Wildman–Crippen MR) is 117 cm³/mol. The standard InChI is InChI=1S/C24H31NO5/c1-14(2)22(27)29-20-11-16-8-9-17(19(26)13-25-24(5,6)7)10-18(16)12-21(20)30-23(28)15(3)4/h8-12,14-15,25H,13H2,1-7H3. The molecule has 0 radical (unpaired) electrons. The Morgan fingerprint density at radius 3 is 1.80 bits per heavy atom. The van der Waals surface area contributed by atoms with Gasteiger partial charge in [0.25, 0.3) is 0 Å². The largest absolute Gasteiger partial charge is 0.422 e. The molecule has 2 rings (SSSR count). The number of Topliss-reactive ketones (excluding diaryl/α,β-unsaturated/α-hetero) is 1. The van der Waals surface area contributed by atoms with Gasteiger partial charge in [-0.1, -0.05) is 39.8 Å². The smallest absolute Gasteiger partial charge is 0.313 e. The van der Waals surface area contributed by atoms with Crippen molar-refractivity contribution in [3.05, 3.63) is 35.9 Å². The quantitative estimate of drug-likeness (QED) is 0.408. The SMILES string of the molecule is CC(C)C(=O)Oc1cc2ccc(C(=O)CNC(C)(C)C)cc2cc1OC(=O)C(C)C. The average molecular weight is 414 g/mol. The van der Waals surface area contributed by atoms with Gasteiger partial charge in [0.15, 0.2) is 17.3 Å². The zero-order valence-corrected chi connectivity index (χ0v) is 18.8. The van der Waals surface area contributed by atoms with Crippen LogP contribution in [0.1, 0.15) is 58.8 Å². The van der Waals surface area contributed by atoms with Crippen LogP contribution in [-0.2, 0) is 9.59 Å². The van der Waals surface area contributed by atoms with Crippen LogP contribution in [0.25, 0.3) is 10.8 Å². The molecule has 6 heteroatoms. The first-order chi connectivity index (χ1) is 13.9. The number of ether oxygens (including phenoxy) is 2. The van der Waals surface area contributed by atoms with E-state index in [1.165, 1.54) is 0 Å². The van der Waals surface area contributed by atoms with Gasteiger partial charge in [0.1, 0.15) is 0 Å². The van der Waals surface area contributed by atoms with Crippen LogP contribution in [0.2, 0.25) is 0 Å². The van der Waals surface area contributed by atoms with Crippen LogP contribution in [0, 0.1) is 11.8 Å². The number of nitrogens with one attached hydrogen (secondary N) is 1. The summed E-state index contributed by atoms with van der Waals surface area (Å²) in [4.78, 5) is 36.8. The monoisotopic (exact) mass is 413 g/mol. The Hall–Kier alpha value is -2.73. The molecular weight excluding hydrogens is 382 g/mol. The van der Waals surface area contributed by atoms with Crippen LogP contribution >= 0.6 is 0 Å². The highest BCUT2D eigenvalue weighted by molar-refractivity contribution is 6.01. The van der Waals surface area contributed by atoms with Crippen LogP contribution in [-0.4, -0.2) is 29.8 Å². The molecule has 0 aliphatic rings. The fraction of sp³-hybridized carbons (Fsp3) is 0.458. The van der Waals surface area contributed by atoms with Crippen molar-refractivity contribution in [1.29, 1.82) is 0 Å². The lowest BCUT2D eigenvalue weighted by molar-refractivity contribution is -0.140. The first-order valence-electron chi connectivity index (χ1n) is 10.2. The maximum Gasteiger partial charge on any atom is 0.313 e. The summed E-state index contributed by atoms with van der Waals surface area (Å²) >= 11 is 0. The Balaban J connectivity index is 2.43. The van der Waals surface area contributed by atoms with E-state index in [9.17, 15) is 14.4 Å². The normalized spacial score (nSPS) is 11.8. The van der Waals surface area contributed by atoms with Gasteiger partial charge in [-0.25, -0.2) is 0 Å². The topological polar surface area (TPSA) is 81.7 Å². The number of fused-ring (bicyclic) bond motifs is 1. The van der Waals surface area contributed by atoms with Gasteiger partial charge in [0.2, 0.25) is 0 Å². The molecule has 162 valence electrons. The van der Waals surface area contributed by atoms with E-state index in [1.807, 2.05) is 20.8 Å². The third-order valence-electron chi connectivity index (χ3n) is 4.37. The Morgan fingerprint density at radius 2 is 1.33 bits per heavy atom. The molecule has 6 nitrogen and oxygen atoms in total. The van der Waals surface area contributed by atoms with Crippen molar-refractivity contribution in [2.45, 2.75) is 54.0 Å². The third kappa shape index (κ3) is 6.39. The molecule has 0 aliphatic heterocycles. The van der Waals surface area contributed by atoms with E-state index in [1.54, 1.807) is 58.0 Å². The van der Waals surface area contributed by atoms with Gasteiger partial charge in [-0.15, -0.1) is 0 Å². The maximum absolute atomic E-state index is 12.6. The van der Waals surface area contributed by atoms with Gasteiger partial charge in [0.05, 0.1) is 18.4 Å². The minimum atomic E-state index is -0.433. The van der Waals surface area contributed by atoms with Gasteiger partial charge in [-0.2, -0.15) is 0 Å². The molecule has 1 N–H and O–H groups in total. The van der Waals surface area contributed by atoms with Crippen molar-refractivity contribution in [1.82, 2.24) is 5.32 Å². The van der Waals surface area contributed by atoms with Crippen LogP contribution in [0.5, 0.6) is 11.5 Å². The maximum atomic E-state index is 12.6. The Kier molecular flexibility index (Phi) is 7.37. The molecule has 0 spiro atoms. The highest BCUT2D eigenvalue weighted by atomic mass is 16.6. The van der Waals surface area contributed by atoms with Crippen LogP contribution < -0.4 is 14.8 Å². The van der Waals surface area contributed by atoms with Gasteiger partial charge < -0.3 is 14.8 Å². The van der Waals surface area contributed by atoms with E-state index >= 15 is 0 Å². The summed E-state index contributed by atoms with van der Waals surface area (Å²) in [5.74, 6) is -1.22. The summed E-state index contributed by atoms with van der Waals surface area (Å²) in [6, 6.07) is 8.57. The third-order valence-corrected chi connectivity index (χ3v) is 4.37. The Labute approximate surface area is 177 Å². The number of carbonyl (C=O) groups excluding carboxylic acids is 3. The zero-order chi connectivity index (χ0) is 22.6. The second-order valence-corrected chi connectivity index (χ2v) is 9.04. The molecule has 0 bridgehead atoms. The molecule has 30 heavy (non-hydrogen) atoms. The minimum Gasteiger partial charge on any atom is -0.422 e. The summed E-state index contributed by atoms with van der Waals surface area (Å²) in [5, 5.41) is 4.67. The van der Waals surface area contributed by atoms with Crippen molar-refractivity contribution in [2.24, 2.45) is 11.8 Å². The molecule has 0 heterocycles. The van der Waals surface area contributed by atoms with E-state index in [-0.39, 0.29) is 41.2 Å². The lowest BCUT2D eigenvalue weighted by Crippen LogP contribution is -2.39. The van der Waals surface area contributed by atoms with E-state index in [0.717, 1.165) is 5.39 Å². The molecule has 0 saturated heterocycles. The van der Waals surface area contributed by atoms with Crippen LogP contribution in [0.4, 0.5) is 0 Å². The van der Waals surface area contributed by atoms with Crippen LogP contribution in [0.15, 0.2) is 30.3 Å². The highest BCUT2D eigenvalue weighted by Crippen LogP contribution is 2.34. The van der Waals surface area contributed by atoms with Crippen LogP contribution in [0.3, 0.4) is 0 Å². The second-order valence-electron chi connectivity index (χ2n) is 9.04. The van der Waals surface area contributed by atoms with Crippen molar-refractivity contribution in [3.63, 3.8) is 0 Å². The lowest BCUT2D eigenvalue weighted by atomic mass is 10.0. The molecule has 0 aromatic heterocycles. The highest BCUT2D eigenvalue weighted by Gasteiger charge is 2.19. The number of benzene rings is 2. The molecule has 2 aromatic carbocycles. The number of rotatable bonds is 7. The van der Waals surface area contributed by atoms with E-state index in [4.69, 9.17) is 9.47 Å². The summed E-state index contributed by atoms with van der Waals surface area (Å²) in [6.45, 7) is 13.1. The van der Waals surface area contributed by atoms with Gasteiger partial charge in [-0.05, 0) is 49.7 Å².